The lowest BCUT2D eigenvalue weighted by atomic mass is 9.97. The third kappa shape index (κ3) is 1.66. The SMILES string of the molecule is CN1C2CCC1CC(N1C[C@H]3CNC[C@H]3C1)C2. The van der Waals surface area contributed by atoms with Crippen LogP contribution in [0.2, 0.25) is 0 Å². The maximum atomic E-state index is 3.55. The number of fused-ring (bicyclic) bond motifs is 3. The molecule has 0 aliphatic carbocycles. The molecule has 4 saturated heterocycles. The average Bonchev–Trinajstić information content (AvgIpc) is 2.92. The first-order valence-corrected chi connectivity index (χ1v) is 7.48. The molecule has 0 amide bonds. The second-order valence-electron chi connectivity index (χ2n) is 6.81. The van der Waals surface area contributed by atoms with Crippen LogP contribution in [0.1, 0.15) is 25.7 Å². The van der Waals surface area contributed by atoms with Gasteiger partial charge in [-0.25, -0.2) is 0 Å². The van der Waals surface area contributed by atoms with Gasteiger partial charge >= 0.3 is 0 Å². The summed E-state index contributed by atoms with van der Waals surface area (Å²) in [4.78, 5) is 5.50. The molecule has 4 heterocycles. The predicted octanol–water partition coefficient (Wildman–Crippen LogP) is 0.763. The Hall–Kier alpha value is -0.120. The Kier molecular flexibility index (Phi) is 2.50. The topological polar surface area (TPSA) is 18.5 Å². The number of nitrogens with zero attached hydrogens (tertiary/aromatic N) is 2. The Bertz CT molecular complexity index is 280. The van der Waals surface area contributed by atoms with Crippen molar-refractivity contribution >= 4 is 0 Å². The molecule has 0 spiro atoms. The molecule has 2 bridgehead atoms. The van der Waals surface area contributed by atoms with Crippen LogP contribution >= 0.6 is 0 Å². The maximum Gasteiger partial charge on any atom is 0.0125 e. The minimum Gasteiger partial charge on any atom is -0.316 e. The van der Waals surface area contributed by atoms with Gasteiger partial charge in [-0.3, -0.25) is 4.90 Å². The molecule has 1 N–H and O–H groups in total. The van der Waals surface area contributed by atoms with Crippen LogP contribution in [0.25, 0.3) is 0 Å². The van der Waals surface area contributed by atoms with Crippen LogP contribution in [0.5, 0.6) is 0 Å². The summed E-state index contributed by atoms with van der Waals surface area (Å²) in [7, 11) is 2.35. The molecule has 4 atom stereocenters. The van der Waals surface area contributed by atoms with E-state index in [0.717, 1.165) is 30.0 Å². The lowest BCUT2D eigenvalue weighted by molar-refractivity contribution is 0.0853. The van der Waals surface area contributed by atoms with Crippen molar-refractivity contribution in [3.05, 3.63) is 0 Å². The number of nitrogens with one attached hydrogen (secondary N) is 1. The van der Waals surface area contributed by atoms with Gasteiger partial charge in [-0.2, -0.15) is 0 Å². The molecule has 3 nitrogen and oxygen atoms in total. The molecular formula is C14H25N3. The highest BCUT2D eigenvalue weighted by Crippen LogP contribution is 2.39. The Morgan fingerprint density at radius 1 is 0.882 bits per heavy atom. The highest BCUT2D eigenvalue weighted by Gasteiger charge is 2.44. The fourth-order valence-electron chi connectivity index (χ4n) is 4.87. The lowest BCUT2D eigenvalue weighted by Crippen LogP contribution is -2.48. The van der Waals surface area contributed by atoms with Crippen LogP contribution in [0.3, 0.4) is 0 Å². The molecule has 0 saturated carbocycles. The van der Waals surface area contributed by atoms with Crippen molar-refractivity contribution in [2.75, 3.05) is 33.2 Å². The quantitative estimate of drug-likeness (QED) is 0.724. The van der Waals surface area contributed by atoms with E-state index in [1.165, 1.54) is 51.9 Å². The van der Waals surface area contributed by atoms with E-state index in [4.69, 9.17) is 0 Å². The van der Waals surface area contributed by atoms with Gasteiger partial charge in [-0.15, -0.1) is 0 Å². The highest BCUT2D eigenvalue weighted by atomic mass is 15.3. The van der Waals surface area contributed by atoms with Gasteiger partial charge in [0.15, 0.2) is 0 Å². The summed E-state index contributed by atoms with van der Waals surface area (Å²) >= 11 is 0. The van der Waals surface area contributed by atoms with Gasteiger partial charge in [0.25, 0.3) is 0 Å². The first-order chi connectivity index (χ1) is 8.31. The number of hydrogen-bond donors (Lipinski definition) is 1. The van der Waals surface area contributed by atoms with Crippen LogP contribution in [0.4, 0.5) is 0 Å². The predicted molar refractivity (Wildman–Crippen MR) is 69.0 cm³/mol. The van der Waals surface area contributed by atoms with Gasteiger partial charge < -0.3 is 10.2 Å². The van der Waals surface area contributed by atoms with E-state index in [-0.39, 0.29) is 0 Å². The van der Waals surface area contributed by atoms with Crippen LogP contribution in [0, 0.1) is 11.8 Å². The van der Waals surface area contributed by atoms with Gasteiger partial charge in [-0.1, -0.05) is 0 Å². The Labute approximate surface area is 105 Å². The van der Waals surface area contributed by atoms with E-state index >= 15 is 0 Å². The fraction of sp³-hybridized carbons (Fsp3) is 1.00. The number of hydrogen-bond acceptors (Lipinski definition) is 3. The summed E-state index contributed by atoms with van der Waals surface area (Å²) in [6.07, 6.45) is 5.81. The summed E-state index contributed by atoms with van der Waals surface area (Å²) in [6, 6.07) is 2.71. The number of likely N-dealkylation sites (tertiary alicyclic amines) is 1. The normalized spacial score (nSPS) is 51.0. The van der Waals surface area contributed by atoms with E-state index in [1.54, 1.807) is 0 Å². The third-order valence-corrected chi connectivity index (χ3v) is 6.01. The van der Waals surface area contributed by atoms with Crippen LogP contribution in [0.15, 0.2) is 0 Å². The molecular weight excluding hydrogens is 210 g/mol. The molecule has 17 heavy (non-hydrogen) atoms. The van der Waals surface area contributed by atoms with E-state index in [2.05, 4.69) is 22.2 Å². The van der Waals surface area contributed by atoms with E-state index in [9.17, 15) is 0 Å². The number of rotatable bonds is 1. The summed E-state index contributed by atoms with van der Waals surface area (Å²) in [5.74, 6) is 1.93. The average molecular weight is 235 g/mol. The van der Waals surface area contributed by atoms with Crippen LogP contribution < -0.4 is 5.32 Å². The zero-order valence-electron chi connectivity index (χ0n) is 10.9. The standard InChI is InChI=1S/C14H25N3/c1-16-12-2-3-13(16)5-14(4-12)17-8-10-6-15-7-11(10)9-17/h10-15H,2-9H2,1H3/t10-,11+,12?,13?,14?. The molecule has 4 aliphatic rings. The van der Waals surface area contributed by atoms with Crippen molar-refractivity contribution in [1.29, 1.82) is 0 Å². The monoisotopic (exact) mass is 235 g/mol. The summed E-state index contributed by atoms with van der Waals surface area (Å²) < 4.78 is 0. The molecule has 0 aromatic rings. The first kappa shape index (κ1) is 10.8. The van der Waals surface area contributed by atoms with E-state index in [1.807, 2.05) is 0 Å². The van der Waals surface area contributed by atoms with Gasteiger partial charge in [0.2, 0.25) is 0 Å². The molecule has 4 aliphatic heterocycles. The fourth-order valence-corrected chi connectivity index (χ4v) is 4.87. The van der Waals surface area contributed by atoms with Crippen molar-refractivity contribution in [2.45, 2.75) is 43.8 Å². The summed E-state index contributed by atoms with van der Waals surface area (Å²) in [6.45, 7) is 5.32. The van der Waals surface area contributed by atoms with Crippen LogP contribution in [-0.2, 0) is 0 Å². The Morgan fingerprint density at radius 2 is 1.47 bits per heavy atom. The van der Waals surface area contributed by atoms with Crippen molar-refractivity contribution < 1.29 is 0 Å². The third-order valence-electron chi connectivity index (χ3n) is 6.01. The zero-order valence-corrected chi connectivity index (χ0v) is 10.9. The zero-order chi connectivity index (χ0) is 11.4. The Balaban J connectivity index is 1.44. The van der Waals surface area contributed by atoms with E-state index < -0.39 is 0 Å². The van der Waals surface area contributed by atoms with Crippen molar-refractivity contribution in [1.82, 2.24) is 15.1 Å². The molecule has 0 aromatic heterocycles. The minimum absolute atomic E-state index is 0.900. The van der Waals surface area contributed by atoms with Gasteiger partial charge in [-0.05, 0) is 57.7 Å². The summed E-state index contributed by atoms with van der Waals surface area (Å²) in [5.41, 5.74) is 0. The van der Waals surface area contributed by atoms with Gasteiger partial charge in [0.1, 0.15) is 0 Å². The van der Waals surface area contributed by atoms with Crippen LogP contribution in [-0.4, -0.2) is 61.2 Å². The molecule has 96 valence electrons. The van der Waals surface area contributed by atoms with E-state index in [0.29, 0.717) is 0 Å². The van der Waals surface area contributed by atoms with Crippen molar-refractivity contribution in [3.63, 3.8) is 0 Å². The maximum absolute atomic E-state index is 3.55. The smallest absolute Gasteiger partial charge is 0.0125 e. The molecule has 2 unspecified atom stereocenters. The molecule has 0 aromatic carbocycles. The second-order valence-corrected chi connectivity index (χ2v) is 6.81. The molecule has 4 fully saturated rings. The number of piperidine rings is 1. The minimum atomic E-state index is 0.900. The second kappa shape index (κ2) is 3.94. The Morgan fingerprint density at radius 3 is 2.06 bits per heavy atom. The highest BCUT2D eigenvalue weighted by molar-refractivity contribution is 5.00. The van der Waals surface area contributed by atoms with Gasteiger partial charge in [0, 0.05) is 31.2 Å². The summed E-state index contributed by atoms with van der Waals surface area (Å²) in [5, 5.41) is 3.55. The lowest BCUT2D eigenvalue weighted by Gasteiger charge is -2.40. The van der Waals surface area contributed by atoms with Gasteiger partial charge in [0.05, 0.1) is 0 Å². The largest absolute Gasteiger partial charge is 0.316 e. The first-order valence-electron chi connectivity index (χ1n) is 7.48. The van der Waals surface area contributed by atoms with Crippen molar-refractivity contribution in [3.8, 4) is 0 Å². The molecule has 0 radical (unpaired) electrons. The van der Waals surface area contributed by atoms with Crippen molar-refractivity contribution in [2.24, 2.45) is 11.8 Å². The molecule has 3 heteroatoms. The molecule has 4 rings (SSSR count).